The molecule has 7 rings (SSSR count). The third kappa shape index (κ3) is 12.9. The van der Waals surface area contributed by atoms with Crippen LogP contribution in [0.3, 0.4) is 0 Å². The first kappa shape index (κ1) is 54.5. The molecule has 19 heteroatoms. The van der Waals surface area contributed by atoms with Crippen molar-refractivity contribution >= 4 is 55.0 Å². The highest BCUT2D eigenvalue weighted by molar-refractivity contribution is 7.92. The number of likely N-dealkylation sites (N-methyl/N-ethyl adjacent to an activating group) is 1. The summed E-state index contributed by atoms with van der Waals surface area (Å²) in [6.07, 6.45) is 4.36. The number of carbonyl (C=O) groups excluding carboxylic acids is 2. The van der Waals surface area contributed by atoms with Crippen LogP contribution in [0.15, 0.2) is 71.8 Å². The Morgan fingerprint density at radius 1 is 0.917 bits per heavy atom. The van der Waals surface area contributed by atoms with Crippen LogP contribution < -0.4 is 26.4 Å². The van der Waals surface area contributed by atoms with E-state index in [1.54, 1.807) is 56.1 Å². The number of amides is 2. The van der Waals surface area contributed by atoms with Gasteiger partial charge in [-0.25, -0.2) is 12.8 Å². The van der Waals surface area contributed by atoms with Crippen LogP contribution in [0.2, 0.25) is 0 Å². The molecule has 1 fully saturated rings. The summed E-state index contributed by atoms with van der Waals surface area (Å²) in [5.74, 6) is -0.761. The van der Waals surface area contributed by atoms with E-state index in [2.05, 4.69) is 43.3 Å². The quantitative estimate of drug-likeness (QED) is 0.0427. The highest BCUT2D eigenvalue weighted by Crippen LogP contribution is 2.39. The third-order valence-electron chi connectivity index (χ3n) is 13.6. The molecule has 5 aromatic rings. The molecule has 6 atom stereocenters. The molecule has 17 nitrogen and oxygen atoms in total. The van der Waals surface area contributed by atoms with Gasteiger partial charge in [-0.2, -0.15) is 5.10 Å². The normalized spacial score (nSPS) is 18.8. The molecule has 6 N–H and O–H groups in total. The number of carbonyl (C=O) groups is 2. The predicted molar refractivity (Wildman–Crippen MR) is 276 cm³/mol. The molecular formula is C53H73FN8O9S. The minimum absolute atomic E-state index is 0.00339. The fraction of sp³-hybridized carbons (Fsp3) is 0.547. The van der Waals surface area contributed by atoms with E-state index < -0.39 is 43.8 Å². The second-order valence-electron chi connectivity index (χ2n) is 20.7. The number of aryl methyl sites for hydroxylation is 1. The Morgan fingerprint density at radius 3 is 2.31 bits per heavy atom. The average Bonchev–Trinajstić information content (AvgIpc) is 3.96. The fourth-order valence-corrected chi connectivity index (χ4v) is 10.8. The molecule has 0 spiro atoms. The minimum atomic E-state index is -3.89. The number of aromatic amines is 1. The van der Waals surface area contributed by atoms with Crippen LogP contribution in [0.1, 0.15) is 84.9 Å². The molecule has 2 aromatic heterocycles. The number of pyridine rings is 1. The lowest BCUT2D eigenvalue weighted by Crippen LogP contribution is -2.58. The van der Waals surface area contributed by atoms with Gasteiger partial charge in [0.25, 0.3) is 0 Å². The molecule has 392 valence electrons. The van der Waals surface area contributed by atoms with Gasteiger partial charge in [-0.3, -0.25) is 19.7 Å². The number of ether oxygens (including phenoxy) is 5. The zero-order chi connectivity index (χ0) is 51.8. The van der Waals surface area contributed by atoms with Crippen LogP contribution in [-0.4, -0.2) is 136 Å². The molecule has 3 heterocycles. The van der Waals surface area contributed by atoms with E-state index >= 15 is 0 Å². The first-order valence-corrected chi connectivity index (χ1v) is 26.4. The first-order valence-electron chi connectivity index (χ1n) is 25.0. The van der Waals surface area contributed by atoms with Crippen molar-refractivity contribution in [2.24, 2.45) is 17.1 Å². The van der Waals surface area contributed by atoms with Gasteiger partial charge in [-0.05, 0) is 101 Å². The molecule has 1 aliphatic carbocycles. The molecule has 2 amide bonds. The van der Waals surface area contributed by atoms with Crippen LogP contribution in [0, 0.1) is 17.2 Å². The van der Waals surface area contributed by atoms with E-state index in [9.17, 15) is 22.4 Å². The van der Waals surface area contributed by atoms with Gasteiger partial charge < -0.3 is 50.3 Å². The van der Waals surface area contributed by atoms with Crippen molar-refractivity contribution in [3.05, 3.63) is 83.8 Å². The van der Waals surface area contributed by atoms with E-state index in [-0.39, 0.29) is 73.6 Å². The van der Waals surface area contributed by atoms with Crippen LogP contribution in [-0.2, 0) is 44.8 Å². The number of fused-ring (bicyclic) bond motifs is 3. The van der Waals surface area contributed by atoms with Crippen LogP contribution in [0.4, 0.5) is 15.9 Å². The van der Waals surface area contributed by atoms with Gasteiger partial charge in [-0.15, -0.1) is 0 Å². The summed E-state index contributed by atoms with van der Waals surface area (Å²) in [7, 11) is -2.06. The van der Waals surface area contributed by atoms with Gasteiger partial charge in [0, 0.05) is 48.1 Å². The smallest absolute Gasteiger partial charge is 0.243 e. The number of aromatic nitrogens is 3. The minimum Gasteiger partial charge on any atom is -0.490 e. The number of H-pyrrole nitrogens is 1. The van der Waals surface area contributed by atoms with Gasteiger partial charge >= 0.3 is 0 Å². The Morgan fingerprint density at radius 2 is 1.61 bits per heavy atom. The maximum absolute atomic E-state index is 14.5. The van der Waals surface area contributed by atoms with Crippen molar-refractivity contribution in [1.82, 2.24) is 30.7 Å². The number of nitrogens with one attached hydrogen (secondary N) is 4. The number of likely N-dealkylation sites (tertiary alicyclic amines) is 1. The predicted octanol–water partition coefficient (Wildman–Crippen LogP) is 6.77. The monoisotopic (exact) mass is 1020 g/mol. The van der Waals surface area contributed by atoms with Gasteiger partial charge in [0.15, 0.2) is 15.7 Å². The first-order chi connectivity index (χ1) is 34.3. The van der Waals surface area contributed by atoms with Crippen LogP contribution in [0.25, 0.3) is 21.8 Å². The maximum atomic E-state index is 14.5. The summed E-state index contributed by atoms with van der Waals surface area (Å²) >= 11 is 0. The van der Waals surface area contributed by atoms with Gasteiger partial charge in [0.2, 0.25) is 11.8 Å². The molecule has 0 radical (unpaired) electrons. The number of sulfone groups is 1. The number of nitrogens with zero attached hydrogens (tertiary/aromatic N) is 3. The molecule has 1 saturated heterocycles. The molecule has 72 heavy (non-hydrogen) atoms. The van der Waals surface area contributed by atoms with Crippen LogP contribution >= 0.6 is 0 Å². The number of halogens is 1. The Bertz CT molecular complexity index is 2760. The van der Waals surface area contributed by atoms with Crippen molar-refractivity contribution in [1.29, 1.82) is 0 Å². The Kier molecular flexibility index (Phi) is 18.0. The molecule has 2 aliphatic rings. The van der Waals surface area contributed by atoms with Gasteiger partial charge in [0.05, 0.1) is 85.8 Å². The van der Waals surface area contributed by atoms with E-state index in [1.165, 1.54) is 17.7 Å². The third-order valence-corrected chi connectivity index (χ3v) is 16.2. The van der Waals surface area contributed by atoms with Gasteiger partial charge in [0.1, 0.15) is 29.1 Å². The molecule has 0 saturated carbocycles. The number of nitrogens with two attached hydrogens (primary N) is 1. The Hall–Kier alpha value is -5.28. The zero-order valence-corrected chi connectivity index (χ0v) is 43.7. The number of hydrogen-bond acceptors (Lipinski definition) is 14. The number of rotatable bonds is 23. The van der Waals surface area contributed by atoms with Crippen molar-refractivity contribution in [2.45, 2.75) is 114 Å². The molecule has 3 aromatic carbocycles. The highest BCUT2D eigenvalue weighted by Gasteiger charge is 2.47. The summed E-state index contributed by atoms with van der Waals surface area (Å²) in [6.45, 7) is 15.2. The second-order valence-corrected chi connectivity index (χ2v) is 23.4. The van der Waals surface area contributed by atoms with E-state index in [0.29, 0.717) is 66.2 Å². The van der Waals surface area contributed by atoms with E-state index in [4.69, 9.17) is 29.4 Å². The molecule has 1 aliphatic heterocycles. The molecule has 0 bridgehead atoms. The maximum Gasteiger partial charge on any atom is 0.243 e. The average molecular weight is 1020 g/mol. The van der Waals surface area contributed by atoms with Crippen LogP contribution in [0.5, 0.6) is 5.75 Å². The van der Waals surface area contributed by atoms with Crippen molar-refractivity contribution in [3.63, 3.8) is 0 Å². The van der Waals surface area contributed by atoms with Crippen molar-refractivity contribution in [3.8, 4) is 5.75 Å². The van der Waals surface area contributed by atoms with E-state index in [1.807, 2.05) is 46.9 Å². The number of benzene rings is 3. The SMILES string of the molecule is CN[C@@H](C)C(N)[C@@H](C(=O)N1C[C@@H](OCCOCCOCCOCCOc2cc3nccc(Nc4n[nH]c5ccc(F)cc45)c3cc2S(=O)(=O)C(C)(C)C)C[C@H]1C(=O)N[C@@H]1CCCc2ccccc21)C(C)(C)C. The van der Waals surface area contributed by atoms with Crippen molar-refractivity contribution < 1.29 is 46.1 Å². The number of hydrogen-bond donors (Lipinski definition) is 5. The summed E-state index contributed by atoms with van der Waals surface area (Å²) in [5.41, 5.74) is 10.3. The second kappa shape index (κ2) is 23.7. The largest absolute Gasteiger partial charge is 0.490 e. The Balaban J connectivity index is 0.858. The summed E-state index contributed by atoms with van der Waals surface area (Å²) in [6, 6.07) is 15.9. The lowest BCUT2D eigenvalue weighted by atomic mass is 9.73. The summed E-state index contributed by atoms with van der Waals surface area (Å²) in [5, 5.41) is 17.9. The Labute approximate surface area is 422 Å². The number of anilines is 2. The van der Waals surface area contributed by atoms with Crippen molar-refractivity contribution in [2.75, 3.05) is 71.8 Å². The van der Waals surface area contributed by atoms with Gasteiger partial charge in [-0.1, -0.05) is 45.0 Å². The highest BCUT2D eigenvalue weighted by atomic mass is 32.2. The standard InChI is InChI=1S/C53H73FN8O9S/c1-33(56-8)48(55)47(52(2,3)4)51(64)62-32-36(29-44(62)50(63)59-40-15-11-13-34-12-9-10-14-37(34)40)70-26-24-68-22-20-67-21-23-69-25-27-71-45-31-43-38(30-46(45)72(65,66)53(5,6)7)41(18-19-57-43)58-49-39-28-35(54)16-17-42(39)60-61-49/h9-10,12,14,16-19,28,30-31,33,36,40,44,47-48,56H,11,13,15,20-27,29,32,55H2,1-8H3,(H,59,63)(H2,57,58,60,61)/t33-,36-,40+,44-,47-,48?/m0/s1. The molecular weight excluding hydrogens is 944 g/mol. The zero-order valence-electron chi connectivity index (χ0n) is 42.9. The molecule has 1 unspecified atom stereocenters. The summed E-state index contributed by atoms with van der Waals surface area (Å²) in [4.78, 5) is 34.9. The topological polar surface area (TPSA) is 221 Å². The van der Waals surface area contributed by atoms with E-state index in [0.717, 1.165) is 24.8 Å². The fourth-order valence-electron chi connectivity index (χ4n) is 9.50. The summed E-state index contributed by atoms with van der Waals surface area (Å²) < 4.78 is 70.3. The lowest BCUT2D eigenvalue weighted by Gasteiger charge is -2.40. The lowest BCUT2D eigenvalue weighted by molar-refractivity contribution is -0.146.